The number of aryl methyl sites for hydroxylation is 1. The second-order valence-corrected chi connectivity index (χ2v) is 8.85. The van der Waals surface area contributed by atoms with Crippen LogP contribution < -0.4 is 5.32 Å². The number of nitrogens with one attached hydrogen (secondary N) is 1. The fourth-order valence-corrected chi connectivity index (χ4v) is 4.11. The molecule has 6 heteroatoms. The molecule has 5 nitrogen and oxygen atoms in total. The molecule has 32 heavy (non-hydrogen) atoms. The van der Waals surface area contributed by atoms with E-state index in [-0.39, 0.29) is 18.1 Å². The molecule has 0 aliphatic carbocycles. The molecule has 1 aromatic heterocycles. The van der Waals surface area contributed by atoms with Crippen LogP contribution in [0.5, 0.6) is 0 Å². The van der Waals surface area contributed by atoms with Gasteiger partial charge in [0.25, 0.3) is 5.91 Å². The van der Waals surface area contributed by atoms with Gasteiger partial charge in [-0.25, -0.2) is 4.79 Å². The molecule has 1 fully saturated rings. The van der Waals surface area contributed by atoms with E-state index in [2.05, 4.69) is 48.0 Å². The normalized spacial score (nSPS) is 15.2. The summed E-state index contributed by atoms with van der Waals surface area (Å²) in [4.78, 5) is 26.6. The van der Waals surface area contributed by atoms with Crippen molar-refractivity contribution in [1.82, 2.24) is 14.8 Å². The molecule has 164 valence electrons. The van der Waals surface area contributed by atoms with Crippen molar-refractivity contribution in [3.63, 3.8) is 0 Å². The molecule has 1 N–H and O–H groups in total. The van der Waals surface area contributed by atoms with Crippen LogP contribution in [0.25, 0.3) is 11.8 Å². The third-order valence-electron chi connectivity index (χ3n) is 5.80. The Labute approximate surface area is 193 Å². The van der Waals surface area contributed by atoms with E-state index in [0.29, 0.717) is 10.9 Å². The second kappa shape index (κ2) is 8.67. The molecular formula is C26H26ClN3O2. The Hall–Kier alpha value is -3.31. The van der Waals surface area contributed by atoms with Crippen LogP contribution in [0.4, 0.5) is 4.79 Å². The molecule has 0 saturated carbocycles. The maximum atomic E-state index is 12.9. The van der Waals surface area contributed by atoms with Crippen LogP contribution in [0.15, 0.2) is 60.3 Å². The topological polar surface area (TPSA) is 54.3 Å². The third kappa shape index (κ3) is 4.21. The number of benzene rings is 2. The van der Waals surface area contributed by atoms with Crippen LogP contribution in [0.1, 0.15) is 47.8 Å². The zero-order valence-corrected chi connectivity index (χ0v) is 19.4. The average molecular weight is 448 g/mol. The van der Waals surface area contributed by atoms with Gasteiger partial charge in [0, 0.05) is 22.1 Å². The van der Waals surface area contributed by atoms with E-state index >= 15 is 0 Å². The lowest BCUT2D eigenvalue weighted by Gasteiger charge is -2.12. The molecule has 3 aromatic rings. The van der Waals surface area contributed by atoms with Crippen molar-refractivity contribution in [3.8, 4) is 5.69 Å². The van der Waals surface area contributed by atoms with E-state index in [1.165, 1.54) is 10.5 Å². The largest absolute Gasteiger partial charge is 0.329 e. The van der Waals surface area contributed by atoms with Gasteiger partial charge < -0.3 is 9.88 Å². The number of urea groups is 1. The number of imide groups is 1. The first-order chi connectivity index (χ1) is 15.2. The third-order valence-corrected chi connectivity index (χ3v) is 6.06. The van der Waals surface area contributed by atoms with Gasteiger partial charge >= 0.3 is 6.03 Å². The van der Waals surface area contributed by atoms with Crippen molar-refractivity contribution < 1.29 is 9.59 Å². The number of carbonyl (C=O) groups is 2. The molecule has 2 aromatic carbocycles. The maximum absolute atomic E-state index is 12.9. The molecule has 0 radical (unpaired) electrons. The molecule has 1 saturated heterocycles. The summed E-state index contributed by atoms with van der Waals surface area (Å²) in [6, 6.07) is 17.2. The zero-order chi connectivity index (χ0) is 23.0. The Bertz CT molecular complexity index is 1210. The highest BCUT2D eigenvalue weighted by atomic mass is 35.5. The molecule has 3 amide bonds. The Morgan fingerprint density at radius 1 is 1.00 bits per heavy atom. The predicted octanol–water partition coefficient (Wildman–Crippen LogP) is 5.96. The van der Waals surface area contributed by atoms with E-state index < -0.39 is 6.03 Å². The van der Waals surface area contributed by atoms with Gasteiger partial charge in [0.2, 0.25) is 0 Å². The lowest BCUT2D eigenvalue weighted by atomic mass is 10.0. The van der Waals surface area contributed by atoms with Crippen LogP contribution in [0.2, 0.25) is 5.02 Å². The number of hydrogen-bond acceptors (Lipinski definition) is 2. The van der Waals surface area contributed by atoms with Crippen LogP contribution in [-0.2, 0) is 11.3 Å². The molecule has 1 aliphatic rings. The van der Waals surface area contributed by atoms with E-state index in [1.54, 1.807) is 18.2 Å². The number of nitrogens with zero attached hydrogens (tertiary/aromatic N) is 2. The summed E-state index contributed by atoms with van der Waals surface area (Å²) in [5.74, 6) is 0.139. The highest BCUT2D eigenvalue weighted by Crippen LogP contribution is 2.26. The first-order valence-electron chi connectivity index (χ1n) is 10.6. The van der Waals surface area contributed by atoms with Crippen molar-refractivity contribution in [2.24, 2.45) is 0 Å². The van der Waals surface area contributed by atoms with Gasteiger partial charge in [-0.3, -0.25) is 9.69 Å². The van der Waals surface area contributed by atoms with E-state index in [1.807, 2.05) is 32.0 Å². The minimum absolute atomic E-state index is 0.195. The van der Waals surface area contributed by atoms with Gasteiger partial charge in [0.05, 0.1) is 6.54 Å². The van der Waals surface area contributed by atoms with Gasteiger partial charge in [-0.15, -0.1) is 0 Å². The summed E-state index contributed by atoms with van der Waals surface area (Å²) in [5, 5.41) is 3.32. The Morgan fingerprint density at radius 2 is 1.66 bits per heavy atom. The standard InChI is InChI=1S/C26H26ClN3O2/c1-16(2)20-7-11-23(12-8-20)30-17(3)13-21(18(30)4)14-24-25(31)29(26(32)28-24)15-19-5-9-22(27)10-6-19/h5-14,16H,15H2,1-4H3,(H,28,32)/b24-14-. The Balaban J connectivity index is 1.60. The minimum Gasteiger partial charge on any atom is -0.318 e. The van der Waals surface area contributed by atoms with Gasteiger partial charge in [0.15, 0.2) is 0 Å². The number of halogens is 1. The highest BCUT2D eigenvalue weighted by molar-refractivity contribution is 6.30. The number of amides is 3. The second-order valence-electron chi connectivity index (χ2n) is 8.41. The number of carbonyl (C=O) groups excluding carboxylic acids is 2. The van der Waals surface area contributed by atoms with E-state index in [4.69, 9.17) is 11.6 Å². The van der Waals surface area contributed by atoms with Gasteiger partial charge in [0.1, 0.15) is 5.70 Å². The average Bonchev–Trinajstić information content (AvgIpc) is 3.19. The molecule has 2 heterocycles. The fraction of sp³-hybridized carbons (Fsp3) is 0.231. The van der Waals surface area contributed by atoms with Crippen molar-refractivity contribution >= 4 is 29.6 Å². The highest BCUT2D eigenvalue weighted by Gasteiger charge is 2.33. The van der Waals surface area contributed by atoms with Crippen molar-refractivity contribution in [3.05, 3.63) is 93.4 Å². The molecule has 0 unspecified atom stereocenters. The Kier molecular flexibility index (Phi) is 5.94. The first kappa shape index (κ1) is 21.9. The number of aromatic nitrogens is 1. The van der Waals surface area contributed by atoms with Gasteiger partial charge in [-0.2, -0.15) is 0 Å². The van der Waals surface area contributed by atoms with Crippen molar-refractivity contribution in [2.75, 3.05) is 0 Å². The SMILES string of the molecule is Cc1cc(/C=C2\NC(=O)N(Cc3ccc(Cl)cc3)C2=O)c(C)n1-c1ccc(C(C)C)cc1. The maximum Gasteiger partial charge on any atom is 0.329 e. The summed E-state index contributed by atoms with van der Waals surface area (Å²) in [5.41, 5.74) is 6.43. The quantitative estimate of drug-likeness (QED) is 0.387. The van der Waals surface area contributed by atoms with Gasteiger partial charge in [-0.05, 0) is 72.9 Å². The van der Waals surface area contributed by atoms with Crippen LogP contribution in [-0.4, -0.2) is 21.4 Å². The number of rotatable bonds is 5. The predicted molar refractivity (Wildman–Crippen MR) is 128 cm³/mol. The van der Waals surface area contributed by atoms with Crippen LogP contribution in [0.3, 0.4) is 0 Å². The molecular weight excluding hydrogens is 422 g/mol. The lowest BCUT2D eigenvalue weighted by molar-refractivity contribution is -0.123. The van der Waals surface area contributed by atoms with Crippen molar-refractivity contribution in [1.29, 1.82) is 0 Å². The summed E-state index contributed by atoms with van der Waals surface area (Å²) < 4.78 is 2.16. The lowest BCUT2D eigenvalue weighted by Crippen LogP contribution is -2.30. The number of hydrogen-bond donors (Lipinski definition) is 1. The van der Waals surface area contributed by atoms with Crippen molar-refractivity contribution in [2.45, 2.75) is 40.2 Å². The smallest absolute Gasteiger partial charge is 0.318 e. The summed E-state index contributed by atoms with van der Waals surface area (Å²) in [6.45, 7) is 8.60. The minimum atomic E-state index is -0.422. The summed E-state index contributed by atoms with van der Waals surface area (Å²) >= 11 is 5.92. The Morgan fingerprint density at radius 3 is 2.28 bits per heavy atom. The van der Waals surface area contributed by atoms with Crippen LogP contribution in [0, 0.1) is 13.8 Å². The fourth-order valence-electron chi connectivity index (χ4n) is 3.98. The molecule has 0 bridgehead atoms. The molecule has 0 atom stereocenters. The van der Waals surface area contributed by atoms with E-state index in [0.717, 1.165) is 28.2 Å². The molecule has 1 aliphatic heterocycles. The first-order valence-corrected chi connectivity index (χ1v) is 11.0. The monoisotopic (exact) mass is 447 g/mol. The molecule has 4 rings (SSSR count). The van der Waals surface area contributed by atoms with Crippen LogP contribution >= 0.6 is 11.6 Å². The zero-order valence-electron chi connectivity index (χ0n) is 18.6. The van der Waals surface area contributed by atoms with Gasteiger partial charge in [-0.1, -0.05) is 49.7 Å². The summed E-state index contributed by atoms with van der Waals surface area (Å²) in [6.07, 6.45) is 1.75. The molecule has 0 spiro atoms. The van der Waals surface area contributed by atoms with E-state index in [9.17, 15) is 9.59 Å². The summed E-state index contributed by atoms with van der Waals surface area (Å²) in [7, 11) is 0.